The van der Waals surface area contributed by atoms with Gasteiger partial charge in [-0.25, -0.2) is 9.78 Å². The molecule has 2 aliphatic heterocycles. The molecule has 7 heteroatoms. The van der Waals surface area contributed by atoms with Crippen molar-refractivity contribution in [2.24, 2.45) is 28.2 Å². The topological polar surface area (TPSA) is 64.6 Å². The predicted octanol–water partition coefficient (Wildman–Crippen LogP) is 4.74. The number of hydrogen-bond acceptors (Lipinski definition) is 3. The van der Waals surface area contributed by atoms with E-state index >= 15 is 0 Å². The lowest BCUT2D eigenvalue weighted by atomic mass is 9.75. The van der Waals surface area contributed by atoms with Gasteiger partial charge in [-0.1, -0.05) is 27.7 Å². The van der Waals surface area contributed by atoms with E-state index in [2.05, 4.69) is 32.7 Å². The van der Waals surface area contributed by atoms with Crippen LogP contribution in [0.15, 0.2) is 4.99 Å². The highest BCUT2D eigenvalue weighted by atomic mass is 35.5. The maximum Gasteiger partial charge on any atom is 0.331 e. The third kappa shape index (κ3) is 2.58. The van der Waals surface area contributed by atoms with Crippen molar-refractivity contribution in [2.75, 3.05) is 18.0 Å². The van der Waals surface area contributed by atoms with E-state index in [0.29, 0.717) is 13.1 Å². The van der Waals surface area contributed by atoms with Gasteiger partial charge in [-0.15, -0.1) is 12.4 Å². The molecule has 6 nitrogen and oxygen atoms in total. The number of halogens is 1. The fourth-order valence-corrected chi connectivity index (χ4v) is 7.15. The van der Waals surface area contributed by atoms with E-state index in [1.165, 1.54) is 32.1 Å². The van der Waals surface area contributed by atoms with Crippen LogP contribution in [0.3, 0.4) is 0 Å². The Morgan fingerprint density at radius 1 is 1.17 bits per heavy atom. The van der Waals surface area contributed by atoms with Crippen LogP contribution in [0.4, 0.5) is 10.6 Å². The molecule has 7 rings (SSSR count). The van der Waals surface area contributed by atoms with Crippen LogP contribution >= 0.6 is 12.4 Å². The monoisotopic (exact) mass is 431 g/mol. The van der Waals surface area contributed by atoms with Gasteiger partial charge in [-0.3, -0.25) is 14.8 Å². The standard InChI is InChI=1S/C23H33N5O.ClH/c1-5-6-27-19-17(18-24-16(22(2,3)4)12-28(18)21(27)29)25-20(26-19)23-10-13-7-14(11-23)9-15(23)8-13;/h13-16H,5-12H2,1-4H3,(H,25,26);1H/t13?,14?,15?,16-,23?;/m1./s1. The molecule has 4 aliphatic carbocycles. The van der Waals surface area contributed by atoms with Crippen molar-refractivity contribution < 1.29 is 4.79 Å². The number of aliphatic imine (C=N–C) groups is 1. The molecular formula is C23H34ClN5O. The third-order valence-corrected chi connectivity index (χ3v) is 8.42. The van der Waals surface area contributed by atoms with Crippen LogP contribution in [0, 0.1) is 23.2 Å². The first-order valence-electron chi connectivity index (χ1n) is 11.6. The summed E-state index contributed by atoms with van der Waals surface area (Å²) in [4.78, 5) is 31.1. The van der Waals surface area contributed by atoms with Crippen molar-refractivity contribution >= 4 is 30.1 Å². The molecule has 6 aliphatic rings. The largest absolute Gasteiger partial charge is 0.337 e. The zero-order chi connectivity index (χ0) is 20.1. The fraction of sp³-hybridized carbons (Fsp3) is 0.783. The number of nitrogens with zero attached hydrogens (tertiary/aromatic N) is 4. The van der Waals surface area contributed by atoms with Gasteiger partial charge in [0.25, 0.3) is 0 Å². The quantitative estimate of drug-likeness (QED) is 0.751. The van der Waals surface area contributed by atoms with Gasteiger partial charge in [0.2, 0.25) is 0 Å². The molecule has 4 fully saturated rings. The second kappa shape index (κ2) is 6.47. The summed E-state index contributed by atoms with van der Waals surface area (Å²) in [5.74, 6) is 5.34. The lowest BCUT2D eigenvalue weighted by Crippen LogP contribution is -2.51. The molecule has 4 saturated carbocycles. The first-order valence-corrected chi connectivity index (χ1v) is 11.6. The third-order valence-electron chi connectivity index (χ3n) is 8.42. The molecule has 30 heavy (non-hydrogen) atoms. The lowest BCUT2D eigenvalue weighted by Gasteiger charge is -2.33. The Bertz CT molecular complexity index is 901. The highest BCUT2D eigenvalue weighted by molar-refractivity contribution is 6.18. The highest BCUT2D eigenvalue weighted by Crippen LogP contribution is 2.65. The van der Waals surface area contributed by atoms with E-state index in [0.717, 1.165) is 47.3 Å². The zero-order valence-corrected chi connectivity index (χ0v) is 19.4. The van der Waals surface area contributed by atoms with Gasteiger partial charge in [0.1, 0.15) is 11.5 Å². The van der Waals surface area contributed by atoms with E-state index in [9.17, 15) is 4.79 Å². The summed E-state index contributed by atoms with van der Waals surface area (Å²) < 4.78 is 0. The SMILES string of the molecule is CCCN1C(=O)N2C[C@H](C(C)(C)C)N=C2c2[nH]c(C34CC5CC(CC3C5)C4)nc21.Cl. The first kappa shape index (κ1) is 20.3. The van der Waals surface area contributed by atoms with Crippen LogP contribution in [0.1, 0.15) is 77.7 Å². The summed E-state index contributed by atoms with van der Waals surface area (Å²) in [6, 6.07) is 0.178. The Morgan fingerprint density at radius 2 is 1.87 bits per heavy atom. The van der Waals surface area contributed by atoms with Crippen molar-refractivity contribution in [3.63, 3.8) is 0 Å². The second-order valence-corrected chi connectivity index (χ2v) is 11.4. The number of amidine groups is 1. The van der Waals surface area contributed by atoms with E-state index < -0.39 is 0 Å². The molecule has 2 unspecified atom stereocenters. The summed E-state index contributed by atoms with van der Waals surface area (Å²) in [5.41, 5.74) is 1.24. The van der Waals surface area contributed by atoms with Crippen molar-refractivity contribution in [2.45, 2.75) is 77.7 Å². The van der Waals surface area contributed by atoms with Gasteiger partial charge in [-0.05, 0) is 61.7 Å². The molecule has 1 aromatic rings. The number of rotatable bonds is 3. The van der Waals surface area contributed by atoms with Gasteiger partial charge < -0.3 is 4.98 Å². The summed E-state index contributed by atoms with van der Waals surface area (Å²) >= 11 is 0. The Hall–Kier alpha value is -1.56. The normalized spacial score (nSPS) is 36.1. The summed E-state index contributed by atoms with van der Waals surface area (Å²) in [5, 5.41) is 0. The van der Waals surface area contributed by atoms with Crippen molar-refractivity contribution in [3.8, 4) is 0 Å². The highest BCUT2D eigenvalue weighted by Gasteiger charge is 2.60. The van der Waals surface area contributed by atoms with Gasteiger partial charge in [-0.2, -0.15) is 0 Å². The number of fused-ring (bicyclic) bond motifs is 3. The number of anilines is 1. The zero-order valence-electron chi connectivity index (χ0n) is 18.6. The molecule has 0 radical (unpaired) electrons. The van der Waals surface area contributed by atoms with Crippen molar-refractivity contribution in [1.29, 1.82) is 0 Å². The number of amides is 2. The number of nitrogens with one attached hydrogen (secondary N) is 1. The Morgan fingerprint density at radius 3 is 2.50 bits per heavy atom. The van der Waals surface area contributed by atoms with E-state index in [1.807, 2.05) is 9.80 Å². The van der Waals surface area contributed by atoms with Crippen LogP contribution in [0.2, 0.25) is 0 Å². The minimum absolute atomic E-state index is 0. The molecule has 2 amide bonds. The van der Waals surface area contributed by atoms with Gasteiger partial charge >= 0.3 is 6.03 Å². The van der Waals surface area contributed by atoms with E-state index in [-0.39, 0.29) is 35.3 Å². The smallest absolute Gasteiger partial charge is 0.331 e. The molecule has 0 saturated heterocycles. The average molecular weight is 432 g/mol. The number of aromatic nitrogens is 2. The van der Waals surface area contributed by atoms with Gasteiger partial charge in [0.05, 0.1) is 12.6 Å². The summed E-state index contributed by atoms with van der Waals surface area (Å²) in [6.45, 7) is 10.1. The Balaban J connectivity index is 0.00000193. The molecule has 0 spiro atoms. The number of carbonyl (C=O) groups excluding carboxylic acids is 1. The predicted molar refractivity (Wildman–Crippen MR) is 121 cm³/mol. The molecule has 164 valence electrons. The molecule has 0 aromatic carbocycles. The molecule has 4 bridgehead atoms. The van der Waals surface area contributed by atoms with Crippen LogP contribution in [-0.2, 0) is 5.41 Å². The van der Waals surface area contributed by atoms with Crippen molar-refractivity contribution in [3.05, 3.63) is 11.5 Å². The van der Waals surface area contributed by atoms with Crippen molar-refractivity contribution in [1.82, 2.24) is 14.9 Å². The minimum atomic E-state index is 0. The number of carbonyl (C=O) groups is 1. The van der Waals surface area contributed by atoms with Crippen LogP contribution < -0.4 is 4.90 Å². The summed E-state index contributed by atoms with van der Waals surface area (Å²) in [7, 11) is 0. The van der Waals surface area contributed by atoms with Crippen LogP contribution in [0.5, 0.6) is 0 Å². The number of urea groups is 1. The number of imidazole rings is 1. The maximum absolute atomic E-state index is 13.4. The second-order valence-electron chi connectivity index (χ2n) is 11.4. The molecular weight excluding hydrogens is 398 g/mol. The molecule has 3 heterocycles. The van der Waals surface area contributed by atoms with E-state index in [1.54, 1.807) is 0 Å². The van der Waals surface area contributed by atoms with E-state index in [4.69, 9.17) is 9.98 Å². The number of hydrogen-bond donors (Lipinski definition) is 1. The van der Waals surface area contributed by atoms with Crippen LogP contribution in [-0.4, -0.2) is 45.9 Å². The molecule has 1 aromatic heterocycles. The minimum Gasteiger partial charge on any atom is -0.337 e. The number of aromatic amines is 1. The average Bonchev–Trinajstić information content (AvgIpc) is 3.37. The Kier molecular flexibility index (Phi) is 4.39. The summed E-state index contributed by atoms with van der Waals surface area (Å²) in [6.07, 6.45) is 7.66. The molecule has 3 atom stereocenters. The first-order chi connectivity index (χ1) is 13.8. The fourth-order valence-electron chi connectivity index (χ4n) is 7.15. The molecule has 1 N–H and O–H groups in total. The Labute approximate surface area is 185 Å². The van der Waals surface area contributed by atoms with Gasteiger partial charge in [0, 0.05) is 12.0 Å². The maximum atomic E-state index is 13.4. The van der Waals surface area contributed by atoms with Crippen LogP contribution in [0.25, 0.3) is 0 Å². The van der Waals surface area contributed by atoms with Gasteiger partial charge in [0.15, 0.2) is 11.7 Å². The lowest BCUT2D eigenvalue weighted by molar-refractivity contribution is 0.220. The number of H-pyrrole nitrogens is 1.